The quantitative estimate of drug-likeness (QED) is 0.475. The van der Waals surface area contributed by atoms with E-state index >= 15 is 0 Å². The molecule has 1 aromatic rings. The van der Waals surface area contributed by atoms with Crippen LogP contribution in [-0.2, 0) is 4.79 Å². The van der Waals surface area contributed by atoms with Crippen LogP contribution in [0.15, 0.2) is 24.5 Å². The molecule has 0 saturated carbocycles. The van der Waals surface area contributed by atoms with E-state index in [-0.39, 0.29) is 17.9 Å². The Morgan fingerprint density at radius 3 is 2.28 bits per heavy atom. The fraction of sp³-hybridized carbons (Fsp3) is 0.619. The van der Waals surface area contributed by atoms with Crippen molar-refractivity contribution in [3.63, 3.8) is 0 Å². The number of carbonyl (C=O) groups is 2. The van der Waals surface area contributed by atoms with Crippen LogP contribution in [0.25, 0.3) is 0 Å². The summed E-state index contributed by atoms with van der Waals surface area (Å²) in [5, 5.41) is 0.654. The van der Waals surface area contributed by atoms with Gasteiger partial charge in [0.05, 0.1) is 0 Å². The lowest BCUT2D eigenvalue weighted by atomic mass is 10.1. The van der Waals surface area contributed by atoms with Crippen LogP contribution in [0.5, 0.6) is 0 Å². The molecule has 158 valence electrons. The van der Waals surface area contributed by atoms with E-state index in [0.29, 0.717) is 10.7 Å². The Labute approximate surface area is 178 Å². The number of carbonyl (C=O) groups excluding carboxylic acids is 2. The van der Waals surface area contributed by atoms with Gasteiger partial charge in [-0.25, -0.2) is 0 Å². The van der Waals surface area contributed by atoms with Gasteiger partial charge >= 0.3 is 0 Å². The van der Waals surface area contributed by atoms with E-state index in [9.17, 15) is 9.59 Å². The average molecular weight is 418 g/mol. The highest BCUT2D eigenvalue weighted by Crippen LogP contribution is 2.17. The Hall–Kier alpha value is -2.06. The number of amides is 2. The topological polar surface area (TPSA) is 60.0 Å². The number of rotatable bonds is 8. The van der Waals surface area contributed by atoms with Gasteiger partial charge in [0.15, 0.2) is 5.11 Å². The molecule has 1 aromatic heterocycles. The molecule has 2 amide bonds. The number of hydrogen-bond acceptors (Lipinski definition) is 5. The molecule has 2 saturated heterocycles. The molecule has 0 aromatic carbocycles. The van der Waals surface area contributed by atoms with E-state index < -0.39 is 0 Å². The Morgan fingerprint density at radius 1 is 1.07 bits per heavy atom. The summed E-state index contributed by atoms with van der Waals surface area (Å²) in [6.45, 7) is 7.30. The summed E-state index contributed by atoms with van der Waals surface area (Å²) in [7, 11) is 1.76. The van der Waals surface area contributed by atoms with Crippen LogP contribution in [0, 0.1) is 0 Å². The second kappa shape index (κ2) is 10.1. The van der Waals surface area contributed by atoms with Crippen molar-refractivity contribution in [2.45, 2.75) is 38.6 Å². The van der Waals surface area contributed by atoms with Crippen LogP contribution in [0.1, 0.15) is 43.0 Å². The van der Waals surface area contributed by atoms with E-state index in [1.165, 1.54) is 6.42 Å². The van der Waals surface area contributed by atoms with Crippen molar-refractivity contribution in [3.05, 3.63) is 30.1 Å². The summed E-state index contributed by atoms with van der Waals surface area (Å²) in [5.41, 5.74) is 0.716. The van der Waals surface area contributed by atoms with Crippen molar-refractivity contribution in [2.75, 3.05) is 46.3 Å². The molecule has 3 rings (SSSR count). The van der Waals surface area contributed by atoms with Gasteiger partial charge < -0.3 is 9.80 Å². The number of unbranched alkanes of at least 4 members (excludes halogenated alkanes) is 3. The summed E-state index contributed by atoms with van der Waals surface area (Å²) in [6, 6.07) is 3.43. The van der Waals surface area contributed by atoms with Gasteiger partial charge in [0.2, 0.25) is 0 Å². The van der Waals surface area contributed by atoms with Gasteiger partial charge in [-0.05, 0) is 50.7 Å². The van der Waals surface area contributed by atoms with Crippen molar-refractivity contribution in [3.8, 4) is 0 Å². The highest BCUT2D eigenvalue weighted by atomic mass is 32.1. The smallest absolute Gasteiger partial charge is 0.254 e. The van der Waals surface area contributed by atoms with Gasteiger partial charge in [0, 0.05) is 57.7 Å². The molecule has 0 bridgehead atoms. The number of aromatic nitrogens is 1. The molecule has 7 nitrogen and oxygen atoms in total. The van der Waals surface area contributed by atoms with E-state index in [0.717, 1.165) is 58.5 Å². The lowest BCUT2D eigenvalue weighted by molar-refractivity contribution is -0.126. The Balaban J connectivity index is 1.27. The predicted octanol–water partition coefficient (Wildman–Crippen LogP) is 1.85. The minimum absolute atomic E-state index is 0.0940. The second-order valence-electron chi connectivity index (χ2n) is 7.83. The lowest BCUT2D eigenvalue weighted by Gasteiger charge is -2.34. The van der Waals surface area contributed by atoms with Crippen LogP contribution in [0.4, 0.5) is 0 Å². The maximum Gasteiger partial charge on any atom is 0.254 e. The first-order valence-corrected chi connectivity index (χ1v) is 10.9. The molecule has 2 fully saturated rings. The zero-order valence-electron chi connectivity index (χ0n) is 17.4. The van der Waals surface area contributed by atoms with Gasteiger partial charge in [-0.1, -0.05) is 12.8 Å². The third-order valence-corrected chi connectivity index (χ3v) is 6.41. The number of nitrogens with zero attached hydrogens (tertiary/aromatic N) is 5. The standard InChI is InChI=1S/C21H31N5O2S/c1-17-19(27)23(2)21(29)26(17)12-6-4-3-5-11-24-13-15-25(16-14-24)20(28)18-7-9-22-10-8-18/h7-10,17H,3-6,11-16H2,1-2H3. The largest absolute Gasteiger partial charge is 0.337 e. The molecular formula is C21H31N5O2S. The van der Waals surface area contributed by atoms with E-state index in [4.69, 9.17) is 12.2 Å². The zero-order chi connectivity index (χ0) is 20.8. The second-order valence-corrected chi connectivity index (χ2v) is 8.20. The summed E-state index contributed by atoms with van der Waals surface area (Å²) >= 11 is 5.36. The fourth-order valence-electron chi connectivity index (χ4n) is 3.98. The normalized spacial score (nSPS) is 20.6. The molecular weight excluding hydrogens is 386 g/mol. The summed E-state index contributed by atoms with van der Waals surface area (Å²) < 4.78 is 0. The van der Waals surface area contributed by atoms with Crippen molar-refractivity contribution >= 4 is 29.1 Å². The van der Waals surface area contributed by atoms with Gasteiger partial charge in [0.1, 0.15) is 6.04 Å². The van der Waals surface area contributed by atoms with Crippen molar-refractivity contribution < 1.29 is 9.59 Å². The predicted molar refractivity (Wildman–Crippen MR) is 117 cm³/mol. The van der Waals surface area contributed by atoms with Gasteiger partial charge in [0.25, 0.3) is 11.8 Å². The van der Waals surface area contributed by atoms with E-state index in [2.05, 4.69) is 9.88 Å². The zero-order valence-corrected chi connectivity index (χ0v) is 18.2. The molecule has 0 radical (unpaired) electrons. The Bertz CT molecular complexity index is 721. The number of pyridine rings is 1. The van der Waals surface area contributed by atoms with Crippen LogP contribution >= 0.6 is 12.2 Å². The first-order chi connectivity index (χ1) is 14.0. The summed E-state index contributed by atoms with van der Waals surface area (Å²) in [6.07, 6.45) is 7.87. The molecule has 2 aliphatic heterocycles. The molecule has 3 heterocycles. The van der Waals surface area contributed by atoms with Crippen molar-refractivity contribution in [1.82, 2.24) is 24.6 Å². The molecule has 1 unspecified atom stereocenters. The number of likely N-dealkylation sites (N-methyl/N-ethyl adjacent to an activating group) is 1. The molecule has 1 atom stereocenters. The molecule has 8 heteroatoms. The lowest BCUT2D eigenvalue weighted by Crippen LogP contribution is -2.48. The van der Waals surface area contributed by atoms with Crippen LogP contribution in [0.3, 0.4) is 0 Å². The van der Waals surface area contributed by atoms with E-state index in [1.807, 2.05) is 16.7 Å². The Morgan fingerprint density at radius 2 is 1.69 bits per heavy atom. The van der Waals surface area contributed by atoms with Gasteiger partial charge in [-0.3, -0.25) is 24.4 Å². The molecule has 0 spiro atoms. The maximum absolute atomic E-state index is 12.5. The minimum atomic E-state index is -0.126. The highest BCUT2D eigenvalue weighted by Gasteiger charge is 2.36. The number of hydrogen-bond donors (Lipinski definition) is 0. The third kappa shape index (κ3) is 5.30. The Kier molecular flexibility index (Phi) is 7.55. The van der Waals surface area contributed by atoms with Gasteiger partial charge in [-0.2, -0.15) is 0 Å². The summed E-state index contributed by atoms with van der Waals surface area (Å²) in [4.78, 5) is 36.4. The molecule has 0 N–H and O–H groups in total. The minimum Gasteiger partial charge on any atom is -0.337 e. The highest BCUT2D eigenvalue weighted by molar-refractivity contribution is 7.80. The maximum atomic E-state index is 12.5. The van der Waals surface area contributed by atoms with Crippen molar-refractivity contribution in [1.29, 1.82) is 0 Å². The van der Waals surface area contributed by atoms with Crippen LogP contribution in [-0.4, -0.2) is 93.9 Å². The summed E-state index contributed by atoms with van der Waals surface area (Å²) in [5.74, 6) is 0.196. The number of thiocarbonyl (C=S) groups is 1. The first kappa shape index (κ1) is 21.6. The van der Waals surface area contributed by atoms with Crippen LogP contribution < -0.4 is 0 Å². The van der Waals surface area contributed by atoms with E-state index in [1.54, 1.807) is 36.5 Å². The molecule has 29 heavy (non-hydrogen) atoms. The average Bonchev–Trinajstić information content (AvgIpc) is 2.94. The third-order valence-electron chi connectivity index (χ3n) is 5.90. The molecule has 2 aliphatic rings. The molecule has 0 aliphatic carbocycles. The van der Waals surface area contributed by atoms with Gasteiger partial charge in [-0.15, -0.1) is 0 Å². The fourth-order valence-corrected chi connectivity index (χ4v) is 4.32. The SMILES string of the molecule is CC1C(=O)N(C)C(=S)N1CCCCCCN1CCN(C(=O)c2ccncc2)CC1. The first-order valence-electron chi connectivity index (χ1n) is 10.5. The van der Waals surface area contributed by atoms with Crippen LogP contribution in [0.2, 0.25) is 0 Å². The van der Waals surface area contributed by atoms with Crippen molar-refractivity contribution in [2.24, 2.45) is 0 Å². The number of piperazine rings is 1. The monoisotopic (exact) mass is 417 g/mol.